The fraction of sp³-hybridized carbons (Fsp3) is 0.270. The van der Waals surface area contributed by atoms with E-state index in [4.69, 9.17) is 14.2 Å². The number of hydrogen-bond acceptors (Lipinski definition) is 14. The molecule has 0 saturated heterocycles. The van der Waals surface area contributed by atoms with Crippen LogP contribution in [0.25, 0.3) is 20.4 Å². The Kier molecular flexibility index (Phi) is 11.9. The molecule has 0 amide bonds. The Morgan fingerprint density at radius 2 is 1.12 bits per heavy atom. The first-order valence-corrected chi connectivity index (χ1v) is 17.9. The van der Waals surface area contributed by atoms with Gasteiger partial charge in [-0.1, -0.05) is 35.4 Å². The van der Waals surface area contributed by atoms with Crippen LogP contribution in [0, 0.1) is 27.7 Å². The van der Waals surface area contributed by atoms with Gasteiger partial charge in [0.15, 0.2) is 0 Å². The third-order valence-corrected chi connectivity index (χ3v) is 9.66. The molecule has 51 heavy (non-hydrogen) atoms. The Labute approximate surface area is 303 Å². The molecule has 14 heteroatoms. The lowest BCUT2D eigenvalue weighted by molar-refractivity contribution is 0.0485. The monoisotopic (exact) mass is 726 g/mol. The number of nitrogens with one attached hydrogen (secondary N) is 2. The molecular formula is C37H38N6O6S2. The minimum atomic E-state index is -0.603. The molecule has 0 saturated carbocycles. The number of benzene rings is 2. The van der Waals surface area contributed by atoms with Crippen LogP contribution < -0.4 is 10.6 Å². The van der Waals surface area contributed by atoms with Crippen molar-refractivity contribution < 1.29 is 28.6 Å². The SMILES string of the molecule is CCOC(=O)c1sc2nc(C)nc(Nc3ccc(C)cc3)c2c1C.CCOC(=O)c1sc2ncnc(Nc3ccc(C)cc3)c2c1C(=O)OCC. The molecule has 0 bridgehead atoms. The average molecular weight is 727 g/mol. The van der Waals surface area contributed by atoms with E-state index in [2.05, 4.69) is 30.6 Å². The molecule has 2 N–H and O–H groups in total. The van der Waals surface area contributed by atoms with Gasteiger partial charge in [0.05, 0.1) is 36.2 Å². The molecule has 4 heterocycles. The zero-order valence-electron chi connectivity index (χ0n) is 29.4. The number of nitrogens with zero attached hydrogens (tertiary/aromatic N) is 4. The molecule has 2 aromatic carbocycles. The minimum absolute atomic E-state index is 0.130. The van der Waals surface area contributed by atoms with Gasteiger partial charge >= 0.3 is 17.9 Å². The number of anilines is 4. The topological polar surface area (TPSA) is 155 Å². The third-order valence-electron chi connectivity index (χ3n) is 7.42. The highest BCUT2D eigenvalue weighted by atomic mass is 32.1. The normalized spacial score (nSPS) is 10.7. The maximum Gasteiger partial charge on any atom is 0.349 e. The van der Waals surface area contributed by atoms with Crippen molar-refractivity contribution in [3.05, 3.63) is 92.7 Å². The first-order valence-electron chi connectivity index (χ1n) is 16.3. The Balaban J connectivity index is 0.000000199. The molecule has 6 aromatic rings. The smallest absolute Gasteiger partial charge is 0.349 e. The van der Waals surface area contributed by atoms with E-state index < -0.39 is 11.9 Å². The van der Waals surface area contributed by atoms with Crippen molar-refractivity contribution in [2.24, 2.45) is 0 Å². The summed E-state index contributed by atoms with van der Waals surface area (Å²) in [6, 6.07) is 15.8. The first-order chi connectivity index (χ1) is 24.5. The van der Waals surface area contributed by atoms with Crippen molar-refractivity contribution in [1.82, 2.24) is 19.9 Å². The Morgan fingerprint density at radius 3 is 1.69 bits per heavy atom. The van der Waals surface area contributed by atoms with Crippen molar-refractivity contribution >= 4 is 84.0 Å². The highest BCUT2D eigenvalue weighted by molar-refractivity contribution is 7.21. The van der Waals surface area contributed by atoms with Gasteiger partial charge in [-0.3, -0.25) is 0 Å². The molecule has 0 aliphatic carbocycles. The number of esters is 3. The lowest BCUT2D eigenvalue weighted by atomic mass is 10.1. The zero-order valence-corrected chi connectivity index (χ0v) is 31.0. The molecule has 4 aromatic heterocycles. The number of aryl methyl sites for hydroxylation is 4. The van der Waals surface area contributed by atoms with Crippen LogP contribution in [0.1, 0.15) is 73.0 Å². The number of thiophene rings is 2. The van der Waals surface area contributed by atoms with Gasteiger partial charge < -0.3 is 24.8 Å². The Hall–Kier alpha value is -5.47. The number of hydrogen-bond donors (Lipinski definition) is 2. The molecule has 0 atom stereocenters. The van der Waals surface area contributed by atoms with Crippen LogP contribution in [-0.4, -0.2) is 57.7 Å². The maximum absolute atomic E-state index is 12.6. The summed E-state index contributed by atoms with van der Waals surface area (Å²) >= 11 is 2.43. The third kappa shape index (κ3) is 8.47. The van der Waals surface area contributed by atoms with E-state index in [-0.39, 0.29) is 29.6 Å². The van der Waals surface area contributed by atoms with Gasteiger partial charge in [0, 0.05) is 11.4 Å². The van der Waals surface area contributed by atoms with Crippen LogP contribution in [0.3, 0.4) is 0 Å². The fourth-order valence-electron chi connectivity index (χ4n) is 5.04. The van der Waals surface area contributed by atoms with Crippen LogP contribution in [0.5, 0.6) is 0 Å². The van der Waals surface area contributed by atoms with Crippen molar-refractivity contribution in [1.29, 1.82) is 0 Å². The highest BCUT2D eigenvalue weighted by Gasteiger charge is 2.29. The van der Waals surface area contributed by atoms with Crippen molar-refractivity contribution in [2.45, 2.75) is 48.5 Å². The van der Waals surface area contributed by atoms with Gasteiger partial charge in [-0.2, -0.15) is 0 Å². The Bertz CT molecular complexity index is 2200. The van der Waals surface area contributed by atoms with Crippen molar-refractivity contribution in [2.75, 3.05) is 30.5 Å². The lowest BCUT2D eigenvalue weighted by Crippen LogP contribution is -2.12. The van der Waals surface area contributed by atoms with Gasteiger partial charge in [-0.05, 0) is 78.3 Å². The molecular weight excluding hydrogens is 689 g/mol. The van der Waals surface area contributed by atoms with E-state index in [9.17, 15) is 14.4 Å². The lowest BCUT2D eigenvalue weighted by Gasteiger charge is -2.09. The summed E-state index contributed by atoms with van der Waals surface area (Å²) in [5.74, 6) is 0.313. The second-order valence-electron chi connectivity index (χ2n) is 11.2. The van der Waals surface area contributed by atoms with Gasteiger partial charge in [0.25, 0.3) is 0 Å². The molecule has 0 fully saturated rings. The van der Waals surface area contributed by atoms with Gasteiger partial charge in [0.1, 0.15) is 43.2 Å². The summed E-state index contributed by atoms with van der Waals surface area (Å²) in [5, 5.41) is 7.85. The second kappa shape index (κ2) is 16.5. The highest BCUT2D eigenvalue weighted by Crippen LogP contribution is 2.37. The summed E-state index contributed by atoms with van der Waals surface area (Å²) in [4.78, 5) is 56.6. The van der Waals surface area contributed by atoms with E-state index >= 15 is 0 Å². The largest absolute Gasteiger partial charge is 0.462 e. The van der Waals surface area contributed by atoms with Crippen molar-refractivity contribution in [3.8, 4) is 0 Å². The molecule has 0 aliphatic rings. The number of fused-ring (bicyclic) bond motifs is 2. The number of carbonyl (C=O) groups is 3. The number of aromatic nitrogens is 4. The molecule has 0 radical (unpaired) electrons. The molecule has 264 valence electrons. The van der Waals surface area contributed by atoms with E-state index in [1.807, 2.05) is 76.2 Å². The standard InChI is InChI=1S/C19H19N3O4S.C18H19N3O2S/c1-4-25-18(23)13-14-16(22-12-8-6-11(3)7-9-12)20-10-21-17(14)27-15(13)19(24)26-5-2;1-5-23-18(22)15-11(3)14-16(19-12(4)20-17(14)24-15)21-13-8-6-10(2)7-9-13/h6-10H,4-5H2,1-3H3,(H,20,21,22);6-9H,5H2,1-4H3,(H,19,20,21). The number of carbonyl (C=O) groups excluding carboxylic acids is 3. The average Bonchev–Trinajstić information content (AvgIpc) is 3.66. The van der Waals surface area contributed by atoms with Gasteiger partial charge in [0.2, 0.25) is 0 Å². The predicted molar refractivity (Wildman–Crippen MR) is 201 cm³/mol. The van der Waals surface area contributed by atoms with E-state index in [1.165, 1.54) is 23.2 Å². The van der Waals surface area contributed by atoms with Crippen LogP contribution in [0.15, 0.2) is 54.9 Å². The predicted octanol–water partition coefficient (Wildman–Crippen LogP) is 8.63. The first kappa shape index (κ1) is 36.8. The van der Waals surface area contributed by atoms with E-state index in [0.717, 1.165) is 44.1 Å². The summed E-state index contributed by atoms with van der Waals surface area (Å²) in [6.07, 6.45) is 1.39. The quantitative estimate of drug-likeness (QED) is 0.103. The second-order valence-corrected chi connectivity index (χ2v) is 13.2. The molecule has 12 nitrogen and oxygen atoms in total. The number of ether oxygens (including phenoxy) is 3. The summed E-state index contributed by atoms with van der Waals surface area (Å²) in [6.45, 7) is 13.8. The summed E-state index contributed by atoms with van der Waals surface area (Å²) in [7, 11) is 0. The van der Waals surface area contributed by atoms with E-state index in [1.54, 1.807) is 20.8 Å². The molecule has 0 aliphatic heterocycles. The van der Waals surface area contributed by atoms with Gasteiger partial charge in [-0.15, -0.1) is 22.7 Å². The van der Waals surface area contributed by atoms with Gasteiger partial charge in [-0.25, -0.2) is 34.3 Å². The number of rotatable bonds is 10. The molecule has 6 rings (SSSR count). The molecule has 0 spiro atoms. The zero-order chi connectivity index (χ0) is 36.7. The Morgan fingerprint density at radius 1 is 0.608 bits per heavy atom. The van der Waals surface area contributed by atoms with Crippen LogP contribution in [0.4, 0.5) is 23.0 Å². The van der Waals surface area contributed by atoms with E-state index in [0.29, 0.717) is 39.2 Å². The summed E-state index contributed by atoms with van der Waals surface area (Å²) in [5.41, 5.74) is 5.05. The van der Waals surface area contributed by atoms with Crippen LogP contribution in [0.2, 0.25) is 0 Å². The van der Waals surface area contributed by atoms with Crippen molar-refractivity contribution in [3.63, 3.8) is 0 Å². The summed E-state index contributed by atoms with van der Waals surface area (Å²) < 4.78 is 15.4. The molecule has 0 unspecified atom stereocenters. The van der Waals surface area contributed by atoms with Crippen LogP contribution >= 0.6 is 22.7 Å². The maximum atomic E-state index is 12.6. The minimum Gasteiger partial charge on any atom is -0.462 e. The fourth-order valence-corrected chi connectivity index (χ4v) is 7.19. The van der Waals surface area contributed by atoms with Crippen LogP contribution in [-0.2, 0) is 14.2 Å².